The highest BCUT2D eigenvalue weighted by Gasteiger charge is 2.30. The van der Waals surface area contributed by atoms with Crippen LogP contribution in [-0.4, -0.2) is 43.8 Å². The van der Waals surface area contributed by atoms with Crippen LogP contribution in [0.4, 0.5) is 5.13 Å². The van der Waals surface area contributed by atoms with Crippen molar-refractivity contribution in [1.29, 1.82) is 0 Å². The van der Waals surface area contributed by atoms with Gasteiger partial charge in [0.1, 0.15) is 10.6 Å². The van der Waals surface area contributed by atoms with Gasteiger partial charge in [-0.1, -0.05) is 17.7 Å². The summed E-state index contributed by atoms with van der Waals surface area (Å²) in [5, 5.41) is 5.17. The minimum absolute atomic E-state index is 0.00489. The molecule has 0 bridgehead atoms. The number of benzene rings is 2. The van der Waals surface area contributed by atoms with Crippen molar-refractivity contribution in [1.82, 2.24) is 9.29 Å². The highest BCUT2D eigenvalue weighted by atomic mass is 32.2. The van der Waals surface area contributed by atoms with Crippen LogP contribution in [0, 0.1) is 20.8 Å². The number of ether oxygens (including phenoxy) is 1. The first-order valence-electron chi connectivity index (χ1n) is 10.7. The molecule has 1 fully saturated rings. The van der Waals surface area contributed by atoms with E-state index < -0.39 is 15.9 Å². The molecule has 4 rings (SSSR count). The lowest BCUT2D eigenvalue weighted by molar-refractivity contribution is 0.102. The zero-order chi connectivity index (χ0) is 23.8. The number of hydrogen-bond donors (Lipinski definition) is 1. The second-order valence-corrected chi connectivity index (χ2v) is 11.0. The molecule has 0 saturated carbocycles. The van der Waals surface area contributed by atoms with Gasteiger partial charge in [0.05, 0.1) is 12.8 Å². The Balaban J connectivity index is 1.60. The molecular formula is C24H27N3O4S2. The zero-order valence-corrected chi connectivity index (χ0v) is 20.8. The third kappa shape index (κ3) is 4.66. The molecule has 7 nitrogen and oxygen atoms in total. The molecule has 2 heterocycles. The Morgan fingerprint density at radius 2 is 1.76 bits per heavy atom. The van der Waals surface area contributed by atoms with Gasteiger partial charge in [0.2, 0.25) is 10.0 Å². The predicted molar refractivity (Wildman–Crippen MR) is 131 cm³/mol. The van der Waals surface area contributed by atoms with Crippen LogP contribution < -0.4 is 10.1 Å². The van der Waals surface area contributed by atoms with Gasteiger partial charge in [-0.2, -0.15) is 4.31 Å². The summed E-state index contributed by atoms with van der Waals surface area (Å²) in [4.78, 5) is 17.6. The number of thiazole rings is 1. The van der Waals surface area contributed by atoms with Gasteiger partial charge in [-0.3, -0.25) is 10.1 Å². The number of carbonyl (C=O) groups is 1. The molecule has 1 aromatic heterocycles. The molecule has 1 saturated heterocycles. The number of amides is 1. The van der Waals surface area contributed by atoms with Crippen LogP contribution in [0.15, 0.2) is 40.6 Å². The summed E-state index contributed by atoms with van der Waals surface area (Å²) >= 11 is 1.33. The van der Waals surface area contributed by atoms with E-state index >= 15 is 0 Å². The molecule has 0 aliphatic carbocycles. The van der Waals surface area contributed by atoms with Crippen molar-refractivity contribution in [3.8, 4) is 17.0 Å². The smallest absolute Gasteiger partial charge is 0.257 e. The third-order valence-corrected chi connectivity index (χ3v) is 8.44. The first-order chi connectivity index (χ1) is 15.7. The first kappa shape index (κ1) is 23.4. The number of nitrogens with one attached hydrogen (secondary N) is 1. The van der Waals surface area contributed by atoms with E-state index in [-0.39, 0.29) is 16.2 Å². The van der Waals surface area contributed by atoms with E-state index in [0.717, 1.165) is 35.2 Å². The van der Waals surface area contributed by atoms with E-state index in [9.17, 15) is 13.2 Å². The molecule has 174 valence electrons. The lowest BCUT2D eigenvalue weighted by atomic mass is 9.98. The summed E-state index contributed by atoms with van der Waals surface area (Å²) in [5.74, 6) is -0.200. The van der Waals surface area contributed by atoms with Crippen LogP contribution >= 0.6 is 11.3 Å². The van der Waals surface area contributed by atoms with E-state index in [1.165, 1.54) is 40.4 Å². The Bertz CT molecular complexity index is 1290. The van der Waals surface area contributed by atoms with E-state index in [0.29, 0.717) is 18.2 Å². The van der Waals surface area contributed by atoms with Crippen LogP contribution in [0.2, 0.25) is 0 Å². The maximum Gasteiger partial charge on any atom is 0.257 e. The summed E-state index contributed by atoms with van der Waals surface area (Å²) in [6.45, 7) is 7.10. The molecule has 3 aromatic rings. The predicted octanol–water partition coefficient (Wildman–Crippen LogP) is 4.78. The number of anilines is 1. The number of carbonyl (C=O) groups excluding carboxylic acids is 1. The Hall–Kier alpha value is -2.75. The number of sulfonamides is 1. The maximum absolute atomic E-state index is 13.1. The van der Waals surface area contributed by atoms with Gasteiger partial charge >= 0.3 is 0 Å². The average Bonchev–Trinajstić information content (AvgIpc) is 3.45. The normalized spacial score (nSPS) is 14.4. The molecule has 1 N–H and O–H groups in total. The Morgan fingerprint density at radius 1 is 1.09 bits per heavy atom. The van der Waals surface area contributed by atoms with Crippen molar-refractivity contribution < 1.29 is 17.9 Å². The third-order valence-electron chi connectivity index (χ3n) is 5.77. The van der Waals surface area contributed by atoms with Crippen LogP contribution in [0.25, 0.3) is 11.3 Å². The number of hydrogen-bond acceptors (Lipinski definition) is 6. The highest BCUT2D eigenvalue weighted by molar-refractivity contribution is 7.89. The fourth-order valence-corrected chi connectivity index (χ4v) is 6.68. The molecule has 0 unspecified atom stereocenters. The van der Waals surface area contributed by atoms with Crippen LogP contribution in [0.1, 0.15) is 39.9 Å². The average molecular weight is 486 g/mol. The topological polar surface area (TPSA) is 88.6 Å². The maximum atomic E-state index is 13.1. The number of aryl methyl sites for hydroxylation is 3. The Labute approximate surface area is 198 Å². The largest absolute Gasteiger partial charge is 0.495 e. The van der Waals surface area contributed by atoms with Crippen LogP contribution in [-0.2, 0) is 10.0 Å². The van der Waals surface area contributed by atoms with Crippen LogP contribution in [0.5, 0.6) is 5.75 Å². The Kier molecular flexibility index (Phi) is 6.56. The van der Waals surface area contributed by atoms with Crippen molar-refractivity contribution in [2.24, 2.45) is 0 Å². The highest BCUT2D eigenvalue weighted by Crippen LogP contribution is 2.32. The molecular weight excluding hydrogens is 458 g/mol. The van der Waals surface area contributed by atoms with Gasteiger partial charge < -0.3 is 4.74 Å². The fraction of sp³-hybridized carbons (Fsp3) is 0.333. The van der Waals surface area contributed by atoms with Crippen molar-refractivity contribution >= 4 is 32.4 Å². The van der Waals surface area contributed by atoms with E-state index in [1.807, 2.05) is 19.2 Å². The van der Waals surface area contributed by atoms with Gasteiger partial charge in [0.15, 0.2) is 5.13 Å². The second kappa shape index (κ2) is 9.24. The second-order valence-electron chi connectivity index (χ2n) is 8.24. The summed E-state index contributed by atoms with van der Waals surface area (Å²) in [7, 11) is -2.32. The molecule has 1 aliphatic heterocycles. The summed E-state index contributed by atoms with van der Waals surface area (Å²) in [6.07, 6.45) is 1.65. The standard InChI is InChI=1S/C24H27N3O4S2/c1-15-11-16(2)22(17(3)12-15)19-14-32-24(25-19)26-23(28)18-7-8-20(31-4)21(13-18)33(29,30)27-9-5-6-10-27/h7-8,11-14H,5-6,9-10H2,1-4H3,(H,25,26,28). The van der Waals surface area contributed by atoms with E-state index in [1.54, 1.807) is 6.07 Å². The van der Waals surface area contributed by atoms with Crippen molar-refractivity contribution in [2.45, 2.75) is 38.5 Å². The molecule has 0 spiro atoms. The van der Waals surface area contributed by atoms with Gasteiger partial charge in [-0.05, 0) is 62.9 Å². The van der Waals surface area contributed by atoms with E-state index in [4.69, 9.17) is 4.74 Å². The number of nitrogens with zero attached hydrogens (tertiary/aromatic N) is 2. The number of aromatic nitrogens is 1. The summed E-state index contributed by atoms with van der Waals surface area (Å²) < 4.78 is 32.9. The zero-order valence-electron chi connectivity index (χ0n) is 19.1. The molecule has 1 aliphatic rings. The molecule has 2 aromatic carbocycles. The van der Waals surface area contributed by atoms with Gasteiger partial charge in [-0.15, -0.1) is 11.3 Å². The Morgan fingerprint density at radius 3 is 2.39 bits per heavy atom. The molecule has 9 heteroatoms. The lowest BCUT2D eigenvalue weighted by Crippen LogP contribution is -2.28. The molecule has 0 atom stereocenters. The van der Waals surface area contributed by atoms with Crippen molar-refractivity contribution in [2.75, 3.05) is 25.5 Å². The summed E-state index contributed by atoms with van der Waals surface area (Å²) in [6, 6.07) is 8.67. The van der Waals surface area contributed by atoms with Gasteiger partial charge in [0, 0.05) is 29.6 Å². The minimum Gasteiger partial charge on any atom is -0.495 e. The van der Waals surface area contributed by atoms with Crippen LogP contribution in [0.3, 0.4) is 0 Å². The number of rotatable bonds is 6. The molecule has 33 heavy (non-hydrogen) atoms. The van der Waals surface area contributed by atoms with E-state index in [2.05, 4.69) is 29.4 Å². The monoisotopic (exact) mass is 485 g/mol. The van der Waals surface area contributed by atoms with Crippen molar-refractivity contribution in [3.05, 3.63) is 58.0 Å². The number of methoxy groups -OCH3 is 1. The lowest BCUT2D eigenvalue weighted by Gasteiger charge is -2.18. The molecule has 0 radical (unpaired) electrons. The van der Waals surface area contributed by atoms with Gasteiger partial charge in [0.25, 0.3) is 5.91 Å². The first-order valence-corrected chi connectivity index (χ1v) is 13.1. The summed E-state index contributed by atoms with van der Waals surface area (Å²) in [5.41, 5.74) is 5.54. The quantitative estimate of drug-likeness (QED) is 0.543. The van der Waals surface area contributed by atoms with Crippen molar-refractivity contribution in [3.63, 3.8) is 0 Å². The SMILES string of the molecule is COc1ccc(C(=O)Nc2nc(-c3c(C)cc(C)cc3C)cs2)cc1S(=O)(=O)N1CCCC1. The minimum atomic E-state index is -3.74. The molecule has 1 amide bonds. The van der Waals surface area contributed by atoms with Gasteiger partial charge in [-0.25, -0.2) is 13.4 Å². The fourth-order valence-electron chi connectivity index (χ4n) is 4.29.